The van der Waals surface area contributed by atoms with Crippen LogP contribution in [-0.4, -0.2) is 20.7 Å². The first-order valence-corrected chi connectivity index (χ1v) is 10.9. The molecule has 0 aliphatic carbocycles. The summed E-state index contributed by atoms with van der Waals surface area (Å²) < 4.78 is 21.1. The van der Waals surface area contributed by atoms with Crippen LogP contribution in [0.1, 0.15) is 17.5 Å². The van der Waals surface area contributed by atoms with E-state index in [-0.39, 0.29) is 18.1 Å². The summed E-state index contributed by atoms with van der Waals surface area (Å²) in [7, 11) is 0. The van der Waals surface area contributed by atoms with Crippen LogP contribution in [0.4, 0.5) is 10.1 Å². The maximum Gasteiger partial charge on any atom is 0.226 e. The fourth-order valence-electron chi connectivity index (χ4n) is 3.38. The number of amides is 1. The molecule has 0 spiro atoms. The minimum Gasteiger partial charge on any atom is -0.489 e. The number of aryl methyl sites for hydroxylation is 1. The number of aromatic amines is 1. The summed E-state index contributed by atoms with van der Waals surface area (Å²) in [5, 5.41) is 10.0. The Morgan fingerprint density at radius 2 is 1.91 bits per heavy atom. The van der Waals surface area contributed by atoms with Gasteiger partial charge >= 0.3 is 0 Å². The van der Waals surface area contributed by atoms with E-state index < -0.39 is 0 Å². The van der Waals surface area contributed by atoms with E-state index in [0.717, 1.165) is 16.7 Å². The van der Waals surface area contributed by atoms with Crippen LogP contribution in [0.25, 0.3) is 11.4 Å². The van der Waals surface area contributed by atoms with Crippen LogP contribution in [0.2, 0.25) is 0 Å². The summed E-state index contributed by atoms with van der Waals surface area (Å²) in [5.74, 6) is 0.874. The summed E-state index contributed by atoms with van der Waals surface area (Å²) in [6.45, 7) is 2.71. The van der Waals surface area contributed by atoms with Crippen LogP contribution >= 0.6 is 12.2 Å². The normalized spacial score (nSPS) is 10.7. The number of rotatable bonds is 8. The molecule has 0 bridgehead atoms. The molecule has 1 aromatic heterocycles. The molecule has 0 saturated heterocycles. The van der Waals surface area contributed by atoms with Crippen molar-refractivity contribution in [2.75, 3.05) is 5.32 Å². The van der Waals surface area contributed by atoms with Crippen molar-refractivity contribution in [3.05, 3.63) is 94.5 Å². The zero-order valence-corrected chi connectivity index (χ0v) is 18.9. The van der Waals surface area contributed by atoms with Gasteiger partial charge in [-0.1, -0.05) is 42.0 Å². The molecule has 168 valence electrons. The number of nitrogens with one attached hydrogen (secondary N) is 2. The molecule has 33 heavy (non-hydrogen) atoms. The zero-order chi connectivity index (χ0) is 23.2. The Labute approximate surface area is 196 Å². The average Bonchev–Trinajstić information content (AvgIpc) is 3.18. The molecule has 2 N–H and O–H groups in total. The summed E-state index contributed by atoms with van der Waals surface area (Å²) in [5.41, 5.74) is 3.54. The third-order valence-electron chi connectivity index (χ3n) is 5.03. The molecule has 6 nitrogen and oxygen atoms in total. The fraction of sp³-hybridized carbons (Fsp3) is 0.160. The fourth-order valence-corrected chi connectivity index (χ4v) is 3.60. The minimum absolute atomic E-state index is 0.149. The van der Waals surface area contributed by atoms with Crippen LogP contribution in [0, 0.1) is 17.5 Å². The molecule has 0 aliphatic rings. The number of aromatic nitrogens is 3. The highest BCUT2D eigenvalue weighted by atomic mass is 32.1. The Kier molecular flexibility index (Phi) is 6.95. The average molecular weight is 463 g/mol. The van der Waals surface area contributed by atoms with E-state index in [9.17, 15) is 9.18 Å². The molecule has 4 aromatic rings. The van der Waals surface area contributed by atoms with Crippen molar-refractivity contribution in [3.8, 4) is 17.1 Å². The molecule has 1 amide bonds. The quantitative estimate of drug-likeness (QED) is 0.331. The molecule has 0 fully saturated rings. The number of carbonyl (C=O) groups is 1. The van der Waals surface area contributed by atoms with Crippen molar-refractivity contribution in [3.63, 3.8) is 0 Å². The number of carbonyl (C=O) groups excluding carboxylic acids is 1. The van der Waals surface area contributed by atoms with Gasteiger partial charge in [-0.25, -0.2) is 4.39 Å². The molecule has 0 saturated carbocycles. The predicted octanol–water partition coefficient (Wildman–Crippen LogP) is 5.66. The van der Waals surface area contributed by atoms with Gasteiger partial charge in [0.25, 0.3) is 0 Å². The molecule has 0 unspecified atom stereocenters. The Hall–Kier alpha value is -3.78. The van der Waals surface area contributed by atoms with Gasteiger partial charge in [0, 0.05) is 30.3 Å². The lowest BCUT2D eigenvalue weighted by Crippen LogP contribution is -2.15. The van der Waals surface area contributed by atoms with E-state index in [2.05, 4.69) is 15.5 Å². The molecule has 1 heterocycles. The third kappa shape index (κ3) is 5.93. The number of ether oxygens (including phenoxy) is 1. The largest absolute Gasteiger partial charge is 0.489 e. The SMILES string of the molecule is Cc1cccc(-c2n[nH]c(=S)n2CCC(=O)Nc2cccc(OCc3ccc(F)cc3)c2)c1. The summed E-state index contributed by atoms with van der Waals surface area (Å²) in [6, 6.07) is 21.3. The van der Waals surface area contributed by atoms with Crippen molar-refractivity contribution in [2.45, 2.75) is 26.5 Å². The number of hydrogen-bond donors (Lipinski definition) is 2. The Bertz CT molecular complexity index is 1310. The second kappa shape index (κ2) is 10.2. The van der Waals surface area contributed by atoms with Crippen LogP contribution < -0.4 is 10.1 Å². The first kappa shape index (κ1) is 22.4. The van der Waals surface area contributed by atoms with Gasteiger partial charge in [-0.15, -0.1) is 0 Å². The number of nitrogens with zero attached hydrogens (tertiary/aromatic N) is 2. The Morgan fingerprint density at radius 3 is 2.70 bits per heavy atom. The number of halogens is 1. The number of benzene rings is 3. The first-order valence-electron chi connectivity index (χ1n) is 10.5. The lowest BCUT2D eigenvalue weighted by molar-refractivity contribution is -0.116. The predicted molar refractivity (Wildman–Crippen MR) is 128 cm³/mol. The van der Waals surface area contributed by atoms with Gasteiger partial charge in [-0.3, -0.25) is 14.5 Å². The molecule has 4 rings (SSSR count). The van der Waals surface area contributed by atoms with Gasteiger partial charge in [-0.05, 0) is 55.0 Å². The standard InChI is InChI=1S/C25H23FN4O2S/c1-17-4-2-5-19(14-17)24-28-29-25(33)30(24)13-12-23(31)27-21-6-3-7-22(15-21)32-16-18-8-10-20(26)11-9-18/h2-11,14-15H,12-13,16H2,1H3,(H,27,31)(H,29,33). The van der Waals surface area contributed by atoms with Gasteiger partial charge < -0.3 is 10.1 Å². The topological polar surface area (TPSA) is 71.9 Å². The van der Waals surface area contributed by atoms with Crippen LogP contribution in [0.3, 0.4) is 0 Å². The van der Waals surface area contributed by atoms with Crippen molar-refractivity contribution in [1.82, 2.24) is 14.8 Å². The molecule has 8 heteroatoms. The van der Waals surface area contributed by atoms with E-state index in [1.54, 1.807) is 36.4 Å². The molecular weight excluding hydrogens is 439 g/mol. The van der Waals surface area contributed by atoms with E-state index in [1.165, 1.54) is 12.1 Å². The van der Waals surface area contributed by atoms with Crippen molar-refractivity contribution >= 4 is 23.8 Å². The maximum atomic E-state index is 13.0. The van der Waals surface area contributed by atoms with Gasteiger partial charge in [0.2, 0.25) is 5.91 Å². The molecule has 0 aliphatic heterocycles. The number of H-pyrrole nitrogens is 1. The van der Waals surface area contributed by atoms with E-state index >= 15 is 0 Å². The van der Waals surface area contributed by atoms with Crippen molar-refractivity contribution in [1.29, 1.82) is 0 Å². The van der Waals surface area contributed by atoms with E-state index in [0.29, 0.717) is 35.2 Å². The number of hydrogen-bond acceptors (Lipinski definition) is 4. The minimum atomic E-state index is -0.286. The molecule has 3 aromatic carbocycles. The highest BCUT2D eigenvalue weighted by molar-refractivity contribution is 7.71. The Balaban J connectivity index is 1.36. The summed E-state index contributed by atoms with van der Waals surface area (Å²) >= 11 is 5.36. The summed E-state index contributed by atoms with van der Waals surface area (Å²) in [4.78, 5) is 12.6. The molecule has 0 atom stereocenters. The van der Waals surface area contributed by atoms with Gasteiger partial charge in [0.05, 0.1) is 0 Å². The second-order valence-electron chi connectivity index (χ2n) is 7.61. The van der Waals surface area contributed by atoms with Crippen LogP contribution in [0.15, 0.2) is 72.8 Å². The summed E-state index contributed by atoms with van der Waals surface area (Å²) in [6.07, 6.45) is 0.229. The zero-order valence-electron chi connectivity index (χ0n) is 18.0. The highest BCUT2D eigenvalue weighted by Gasteiger charge is 2.11. The van der Waals surface area contributed by atoms with Gasteiger partial charge in [0.15, 0.2) is 10.6 Å². The monoisotopic (exact) mass is 462 g/mol. The highest BCUT2D eigenvalue weighted by Crippen LogP contribution is 2.21. The van der Waals surface area contributed by atoms with Crippen molar-refractivity contribution in [2.24, 2.45) is 0 Å². The Morgan fingerprint density at radius 1 is 1.12 bits per heavy atom. The third-order valence-corrected chi connectivity index (χ3v) is 5.35. The van der Waals surface area contributed by atoms with Crippen molar-refractivity contribution < 1.29 is 13.9 Å². The second-order valence-corrected chi connectivity index (χ2v) is 8.00. The first-order chi connectivity index (χ1) is 16.0. The van der Waals surface area contributed by atoms with Crippen LogP contribution in [-0.2, 0) is 17.9 Å². The molecule has 0 radical (unpaired) electrons. The number of anilines is 1. The van der Waals surface area contributed by atoms with E-state index in [4.69, 9.17) is 17.0 Å². The lowest BCUT2D eigenvalue weighted by Gasteiger charge is -2.10. The van der Waals surface area contributed by atoms with Gasteiger partial charge in [0.1, 0.15) is 18.2 Å². The molecular formula is C25H23FN4O2S. The van der Waals surface area contributed by atoms with Gasteiger partial charge in [-0.2, -0.15) is 5.10 Å². The smallest absolute Gasteiger partial charge is 0.226 e. The lowest BCUT2D eigenvalue weighted by atomic mass is 10.1. The van der Waals surface area contributed by atoms with E-state index in [1.807, 2.05) is 35.8 Å². The maximum absolute atomic E-state index is 13.0. The van der Waals surface area contributed by atoms with Crippen LogP contribution in [0.5, 0.6) is 5.75 Å².